The fourth-order valence-corrected chi connectivity index (χ4v) is 4.47. The van der Waals surface area contributed by atoms with Crippen LogP contribution in [-0.2, 0) is 16.6 Å². The third kappa shape index (κ3) is 3.88. The molecule has 0 saturated heterocycles. The molecule has 3 heterocycles. The second-order valence-electron chi connectivity index (χ2n) is 8.58. The van der Waals surface area contributed by atoms with Gasteiger partial charge in [-0.15, -0.1) is 0 Å². The SMILES string of the molecule is Cc1cc(CCC(=O)c2ccc([C@@H](C)[C@@]3(C)C(=O)Nc4ncccc43)cc2)cc(C)n1. The number of benzene rings is 1. The first kappa shape index (κ1) is 20.9. The lowest BCUT2D eigenvalue weighted by Crippen LogP contribution is -2.36. The summed E-state index contributed by atoms with van der Waals surface area (Å²) in [6, 6.07) is 15.6. The largest absolute Gasteiger partial charge is 0.310 e. The summed E-state index contributed by atoms with van der Waals surface area (Å²) in [6.07, 6.45) is 2.84. The van der Waals surface area contributed by atoms with Crippen molar-refractivity contribution in [1.29, 1.82) is 0 Å². The summed E-state index contributed by atoms with van der Waals surface area (Å²) in [5.41, 5.74) is 5.01. The second kappa shape index (κ2) is 8.06. The summed E-state index contributed by atoms with van der Waals surface area (Å²) in [5.74, 6) is 0.641. The summed E-state index contributed by atoms with van der Waals surface area (Å²) in [5, 5.41) is 2.90. The van der Waals surface area contributed by atoms with Gasteiger partial charge in [0.15, 0.2) is 5.78 Å². The summed E-state index contributed by atoms with van der Waals surface area (Å²) in [7, 11) is 0. The number of fused-ring (bicyclic) bond motifs is 1. The van der Waals surface area contributed by atoms with E-state index in [1.54, 1.807) is 6.20 Å². The Labute approximate surface area is 183 Å². The molecular formula is C26H27N3O2. The molecule has 0 unspecified atom stereocenters. The molecular weight excluding hydrogens is 386 g/mol. The number of ketones is 1. The van der Waals surface area contributed by atoms with Crippen molar-refractivity contribution in [2.75, 3.05) is 5.32 Å². The summed E-state index contributed by atoms with van der Waals surface area (Å²) in [4.78, 5) is 34.2. The van der Waals surface area contributed by atoms with Gasteiger partial charge < -0.3 is 5.32 Å². The smallest absolute Gasteiger partial charge is 0.236 e. The number of hydrogen-bond donors (Lipinski definition) is 1. The van der Waals surface area contributed by atoms with Gasteiger partial charge in [0.05, 0.1) is 5.41 Å². The average molecular weight is 414 g/mol. The van der Waals surface area contributed by atoms with Gasteiger partial charge in [-0.25, -0.2) is 4.98 Å². The molecule has 0 spiro atoms. The van der Waals surface area contributed by atoms with Crippen molar-refractivity contribution in [3.8, 4) is 0 Å². The molecule has 0 aliphatic carbocycles. The molecule has 1 aliphatic heterocycles. The van der Waals surface area contributed by atoms with E-state index in [0.29, 0.717) is 24.2 Å². The fraction of sp³-hybridized carbons (Fsp3) is 0.308. The molecule has 0 radical (unpaired) electrons. The van der Waals surface area contributed by atoms with Crippen molar-refractivity contribution in [3.05, 3.63) is 88.4 Å². The van der Waals surface area contributed by atoms with Gasteiger partial charge in [0, 0.05) is 35.1 Å². The number of nitrogens with zero attached hydrogens (tertiary/aromatic N) is 2. The number of rotatable bonds is 6. The Morgan fingerprint density at radius 2 is 1.77 bits per heavy atom. The van der Waals surface area contributed by atoms with Gasteiger partial charge >= 0.3 is 0 Å². The van der Waals surface area contributed by atoms with Crippen molar-refractivity contribution in [2.45, 2.75) is 51.9 Å². The van der Waals surface area contributed by atoms with Crippen LogP contribution in [0.15, 0.2) is 54.7 Å². The maximum Gasteiger partial charge on any atom is 0.236 e. The fourth-order valence-electron chi connectivity index (χ4n) is 4.47. The van der Waals surface area contributed by atoms with Crippen LogP contribution in [0.25, 0.3) is 0 Å². The van der Waals surface area contributed by atoms with Gasteiger partial charge in [0.2, 0.25) is 5.91 Å². The highest BCUT2D eigenvalue weighted by Gasteiger charge is 2.47. The molecule has 1 aliphatic rings. The van der Waals surface area contributed by atoms with E-state index in [1.165, 1.54) is 0 Å². The summed E-state index contributed by atoms with van der Waals surface area (Å²) >= 11 is 0. The number of pyridine rings is 2. The first-order valence-electron chi connectivity index (χ1n) is 10.6. The quantitative estimate of drug-likeness (QED) is 0.582. The minimum Gasteiger partial charge on any atom is -0.310 e. The molecule has 4 rings (SSSR count). The Bertz CT molecular complexity index is 1130. The van der Waals surface area contributed by atoms with Crippen LogP contribution in [0.1, 0.15) is 64.6 Å². The van der Waals surface area contributed by atoms with Crippen LogP contribution in [-0.4, -0.2) is 21.7 Å². The Morgan fingerprint density at radius 1 is 1.10 bits per heavy atom. The lowest BCUT2D eigenvalue weighted by atomic mass is 9.71. The van der Waals surface area contributed by atoms with E-state index in [-0.39, 0.29) is 17.6 Å². The maximum absolute atomic E-state index is 12.8. The number of hydrogen-bond acceptors (Lipinski definition) is 4. The molecule has 1 aromatic carbocycles. The molecule has 5 heteroatoms. The molecule has 1 N–H and O–H groups in total. The van der Waals surface area contributed by atoms with Gasteiger partial charge in [-0.1, -0.05) is 37.3 Å². The van der Waals surface area contributed by atoms with Crippen LogP contribution < -0.4 is 5.32 Å². The third-order valence-corrected chi connectivity index (χ3v) is 6.45. The van der Waals surface area contributed by atoms with E-state index < -0.39 is 5.41 Å². The Hall–Kier alpha value is -3.34. The molecule has 158 valence electrons. The predicted octanol–water partition coefficient (Wildman–Crippen LogP) is 4.92. The lowest BCUT2D eigenvalue weighted by molar-refractivity contribution is -0.120. The highest BCUT2D eigenvalue weighted by atomic mass is 16.2. The molecule has 5 nitrogen and oxygen atoms in total. The number of Topliss-reactive ketones (excluding diaryl/α,β-unsaturated/α-hetero) is 1. The van der Waals surface area contributed by atoms with Gasteiger partial charge in [-0.3, -0.25) is 14.6 Å². The first-order chi connectivity index (χ1) is 14.8. The Morgan fingerprint density at radius 3 is 2.45 bits per heavy atom. The summed E-state index contributed by atoms with van der Waals surface area (Å²) in [6.45, 7) is 7.94. The van der Waals surface area contributed by atoms with Gasteiger partial charge in [0.25, 0.3) is 0 Å². The lowest BCUT2D eigenvalue weighted by Gasteiger charge is -2.30. The third-order valence-electron chi connectivity index (χ3n) is 6.45. The number of nitrogens with one attached hydrogen (secondary N) is 1. The van der Waals surface area contributed by atoms with E-state index in [2.05, 4.69) is 15.3 Å². The highest BCUT2D eigenvalue weighted by Crippen LogP contribution is 2.45. The topological polar surface area (TPSA) is 72.0 Å². The van der Waals surface area contributed by atoms with E-state index >= 15 is 0 Å². The minimum absolute atomic E-state index is 0.0446. The van der Waals surface area contributed by atoms with Crippen molar-refractivity contribution in [1.82, 2.24) is 9.97 Å². The molecule has 31 heavy (non-hydrogen) atoms. The number of aromatic nitrogens is 2. The molecule has 0 saturated carbocycles. The molecule has 0 bridgehead atoms. The van der Waals surface area contributed by atoms with E-state index in [4.69, 9.17) is 0 Å². The molecule has 3 aromatic rings. The Kier molecular flexibility index (Phi) is 5.44. The van der Waals surface area contributed by atoms with E-state index in [0.717, 1.165) is 28.1 Å². The van der Waals surface area contributed by atoms with Crippen LogP contribution in [0, 0.1) is 13.8 Å². The predicted molar refractivity (Wildman–Crippen MR) is 121 cm³/mol. The summed E-state index contributed by atoms with van der Waals surface area (Å²) < 4.78 is 0. The van der Waals surface area contributed by atoms with Gasteiger partial charge in [0.1, 0.15) is 5.82 Å². The van der Waals surface area contributed by atoms with E-state index in [1.807, 2.05) is 76.2 Å². The standard InChI is InChI=1S/C26H27N3O2/c1-16-14-19(15-17(2)28-16)7-12-23(30)21-10-8-20(9-11-21)18(3)26(4)22-6-5-13-27-24(22)29-25(26)31/h5-6,8-11,13-15,18H,7,12H2,1-4H3,(H,27,29,31)/t18-,26-/m1/s1. The number of amides is 1. The minimum atomic E-state index is -0.702. The zero-order valence-corrected chi connectivity index (χ0v) is 18.4. The number of aryl methyl sites for hydroxylation is 3. The number of carbonyl (C=O) groups excluding carboxylic acids is 2. The van der Waals surface area contributed by atoms with Crippen LogP contribution in [0.4, 0.5) is 5.82 Å². The van der Waals surface area contributed by atoms with Crippen molar-refractivity contribution in [2.24, 2.45) is 0 Å². The van der Waals surface area contributed by atoms with Crippen LogP contribution >= 0.6 is 0 Å². The average Bonchev–Trinajstić information content (AvgIpc) is 3.02. The van der Waals surface area contributed by atoms with E-state index in [9.17, 15) is 9.59 Å². The van der Waals surface area contributed by atoms with Crippen molar-refractivity contribution >= 4 is 17.5 Å². The van der Waals surface area contributed by atoms with Crippen molar-refractivity contribution in [3.63, 3.8) is 0 Å². The van der Waals surface area contributed by atoms with Crippen molar-refractivity contribution < 1.29 is 9.59 Å². The molecule has 2 aromatic heterocycles. The van der Waals surface area contributed by atoms with Gasteiger partial charge in [-0.05, 0) is 62.4 Å². The van der Waals surface area contributed by atoms with Crippen LogP contribution in [0.3, 0.4) is 0 Å². The zero-order valence-electron chi connectivity index (χ0n) is 18.4. The monoisotopic (exact) mass is 413 g/mol. The van der Waals surface area contributed by atoms with Crippen LogP contribution in [0.2, 0.25) is 0 Å². The highest BCUT2D eigenvalue weighted by molar-refractivity contribution is 6.05. The number of anilines is 1. The zero-order chi connectivity index (χ0) is 22.2. The van der Waals surface area contributed by atoms with Gasteiger partial charge in [-0.2, -0.15) is 0 Å². The molecule has 1 amide bonds. The molecule has 2 atom stereocenters. The Balaban J connectivity index is 1.49. The normalized spacial score (nSPS) is 18.4. The van der Waals surface area contributed by atoms with Crippen LogP contribution in [0.5, 0.6) is 0 Å². The first-order valence-corrected chi connectivity index (χ1v) is 10.6. The second-order valence-corrected chi connectivity index (χ2v) is 8.58. The molecule has 0 fully saturated rings. The maximum atomic E-state index is 12.8. The number of carbonyl (C=O) groups is 2.